The van der Waals surface area contributed by atoms with Crippen molar-refractivity contribution >= 4 is 17.7 Å². The van der Waals surface area contributed by atoms with Crippen LogP contribution in [0.5, 0.6) is 0 Å². The summed E-state index contributed by atoms with van der Waals surface area (Å²) in [7, 11) is 4.27. The van der Waals surface area contributed by atoms with Gasteiger partial charge in [-0.3, -0.25) is 0 Å². The Hall–Kier alpha value is -1.60. The third kappa shape index (κ3) is 2.75. The van der Waals surface area contributed by atoms with E-state index >= 15 is 0 Å². The normalized spacial score (nSPS) is 22.2. The minimum atomic E-state index is 0.515. The minimum absolute atomic E-state index is 0.515. The zero-order valence-electron chi connectivity index (χ0n) is 12.5. The van der Waals surface area contributed by atoms with Crippen LogP contribution in [0, 0.1) is 0 Å². The molecule has 1 aromatic heterocycles. The quantitative estimate of drug-likeness (QED) is 0.844. The van der Waals surface area contributed by atoms with Crippen molar-refractivity contribution in [2.75, 3.05) is 38.3 Å². The average molecular weight is 304 g/mol. The van der Waals surface area contributed by atoms with E-state index < -0.39 is 0 Å². The van der Waals surface area contributed by atoms with E-state index in [4.69, 9.17) is 0 Å². The van der Waals surface area contributed by atoms with E-state index in [1.165, 1.54) is 0 Å². The molecule has 0 saturated carbocycles. The van der Waals surface area contributed by atoms with E-state index in [2.05, 4.69) is 45.7 Å². The predicted molar refractivity (Wildman–Crippen MR) is 86.1 cm³/mol. The van der Waals surface area contributed by atoms with Crippen molar-refractivity contribution in [1.82, 2.24) is 25.1 Å². The summed E-state index contributed by atoms with van der Waals surface area (Å²) in [5.41, 5.74) is 0.992. The molecule has 3 rings (SSSR count). The van der Waals surface area contributed by atoms with E-state index in [0.717, 1.165) is 24.7 Å². The minimum Gasteiger partial charge on any atom is -0.337 e. The van der Waals surface area contributed by atoms with Crippen LogP contribution in [0.1, 0.15) is 0 Å². The van der Waals surface area contributed by atoms with Crippen molar-refractivity contribution in [3.05, 3.63) is 30.3 Å². The first-order valence-electron chi connectivity index (χ1n) is 6.98. The number of anilines is 1. The first-order valence-corrected chi connectivity index (χ1v) is 8.27. The standard InChI is InChI=1S/C14H20N6S/c1-18(2)12-9-19(10-13(12)21-3)14-15-16-17-20(14)11-7-5-4-6-8-11/h4-8,12-13H,9-10H2,1-3H3/t12-,13+/m1/s1. The van der Waals surface area contributed by atoms with Gasteiger partial charge in [0.25, 0.3) is 0 Å². The van der Waals surface area contributed by atoms with Gasteiger partial charge in [0.1, 0.15) is 0 Å². The molecule has 7 heteroatoms. The number of tetrazole rings is 1. The molecule has 2 aromatic rings. The maximum absolute atomic E-state index is 4.24. The highest BCUT2D eigenvalue weighted by molar-refractivity contribution is 7.99. The van der Waals surface area contributed by atoms with Crippen molar-refractivity contribution < 1.29 is 0 Å². The summed E-state index contributed by atoms with van der Waals surface area (Å²) in [6.45, 7) is 1.92. The summed E-state index contributed by atoms with van der Waals surface area (Å²) in [4.78, 5) is 4.57. The van der Waals surface area contributed by atoms with Gasteiger partial charge in [0, 0.05) is 24.4 Å². The Kier molecular flexibility index (Phi) is 4.12. The van der Waals surface area contributed by atoms with Crippen LogP contribution in [0.2, 0.25) is 0 Å². The molecule has 0 aliphatic carbocycles. The number of nitrogens with zero attached hydrogens (tertiary/aromatic N) is 6. The highest BCUT2D eigenvalue weighted by atomic mass is 32.2. The lowest BCUT2D eigenvalue weighted by Crippen LogP contribution is -2.36. The monoisotopic (exact) mass is 304 g/mol. The van der Waals surface area contributed by atoms with Gasteiger partial charge in [-0.2, -0.15) is 16.4 Å². The smallest absolute Gasteiger partial charge is 0.250 e. The fourth-order valence-electron chi connectivity index (χ4n) is 2.76. The van der Waals surface area contributed by atoms with Crippen molar-refractivity contribution in [3.63, 3.8) is 0 Å². The van der Waals surface area contributed by atoms with Gasteiger partial charge in [0.15, 0.2) is 0 Å². The molecule has 0 bridgehead atoms. The van der Waals surface area contributed by atoms with Crippen LogP contribution < -0.4 is 4.90 Å². The molecule has 1 saturated heterocycles. The number of hydrogen-bond donors (Lipinski definition) is 0. The molecule has 0 unspecified atom stereocenters. The summed E-state index contributed by atoms with van der Waals surface area (Å²) >= 11 is 1.91. The molecule has 0 radical (unpaired) electrons. The summed E-state index contributed by atoms with van der Waals surface area (Å²) < 4.78 is 1.81. The lowest BCUT2D eigenvalue weighted by Gasteiger charge is -2.23. The van der Waals surface area contributed by atoms with Crippen molar-refractivity contribution in [2.45, 2.75) is 11.3 Å². The molecule has 0 amide bonds. The molecule has 1 aliphatic rings. The van der Waals surface area contributed by atoms with Gasteiger partial charge in [-0.05, 0) is 42.9 Å². The molecule has 1 aromatic carbocycles. The van der Waals surface area contributed by atoms with Gasteiger partial charge in [-0.15, -0.1) is 0 Å². The van der Waals surface area contributed by atoms with E-state index in [1.807, 2.05) is 46.8 Å². The molecule has 2 atom stereocenters. The van der Waals surface area contributed by atoms with Gasteiger partial charge >= 0.3 is 0 Å². The largest absolute Gasteiger partial charge is 0.337 e. The van der Waals surface area contributed by atoms with Crippen molar-refractivity contribution in [2.24, 2.45) is 0 Å². The third-order valence-corrected chi connectivity index (χ3v) is 5.01. The van der Waals surface area contributed by atoms with E-state index in [9.17, 15) is 0 Å². The fourth-order valence-corrected chi connectivity index (χ4v) is 3.74. The van der Waals surface area contributed by atoms with Crippen molar-refractivity contribution in [3.8, 4) is 5.69 Å². The maximum Gasteiger partial charge on any atom is 0.250 e. The molecular weight excluding hydrogens is 284 g/mol. The van der Waals surface area contributed by atoms with Gasteiger partial charge in [0.2, 0.25) is 5.95 Å². The summed E-state index contributed by atoms with van der Waals surface area (Å²) in [6.07, 6.45) is 2.17. The maximum atomic E-state index is 4.24. The van der Waals surface area contributed by atoms with E-state index in [-0.39, 0.29) is 0 Å². The Morgan fingerprint density at radius 1 is 1.19 bits per heavy atom. The molecule has 6 nitrogen and oxygen atoms in total. The SMILES string of the molecule is CS[C@H]1CN(c2nnnn2-c2ccccc2)C[C@H]1N(C)C. The summed E-state index contributed by atoms with van der Waals surface area (Å²) in [5, 5.41) is 12.8. The van der Waals surface area contributed by atoms with Crippen LogP contribution in [0.4, 0.5) is 5.95 Å². The molecule has 1 fully saturated rings. The molecule has 0 N–H and O–H groups in total. The first-order chi connectivity index (χ1) is 10.2. The first kappa shape index (κ1) is 14.3. The second-order valence-corrected chi connectivity index (χ2v) is 6.51. The second kappa shape index (κ2) is 6.03. The molecular formula is C14H20N6S. The molecule has 0 spiro atoms. The molecule has 1 aliphatic heterocycles. The Bertz CT molecular complexity index is 584. The van der Waals surface area contributed by atoms with Crippen LogP contribution in [-0.4, -0.2) is 69.8 Å². The Morgan fingerprint density at radius 2 is 1.95 bits per heavy atom. The lowest BCUT2D eigenvalue weighted by atomic mass is 10.2. The highest BCUT2D eigenvalue weighted by Crippen LogP contribution is 2.27. The number of para-hydroxylation sites is 1. The number of benzene rings is 1. The molecule has 2 heterocycles. The van der Waals surface area contributed by atoms with Gasteiger partial charge in [-0.1, -0.05) is 23.3 Å². The van der Waals surface area contributed by atoms with Crippen LogP contribution in [0.3, 0.4) is 0 Å². The zero-order chi connectivity index (χ0) is 14.8. The lowest BCUT2D eigenvalue weighted by molar-refractivity contribution is 0.320. The van der Waals surface area contributed by atoms with Crippen LogP contribution >= 0.6 is 11.8 Å². The third-order valence-electron chi connectivity index (χ3n) is 3.94. The number of thioether (sulfide) groups is 1. The van der Waals surface area contributed by atoms with E-state index in [1.54, 1.807) is 0 Å². The summed E-state index contributed by atoms with van der Waals surface area (Å²) in [6, 6.07) is 10.5. The van der Waals surface area contributed by atoms with Crippen molar-refractivity contribution in [1.29, 1.82) is 0 Å². The molecule has 21 heavy (non-hydrogen) atoms. The summed E-state index contributed by atoms with van der Waals surface area (Å²) in [5.74, 6) is 0.824. The number of likely N-dealkylation sites (N-methyl/N-ethyl adjacent to an activating group) is 1. The number of rotatable bonds is 4. The number of hydrogen-bond acceptors (Lipinski definition) is 6. The van der Waals surface area contributed by atoms with Gasteiger partial charge in [0.05, 0.1) is 5.69 Å². The Labute approximate surface area is 129 Å². The zero-order valence-corrected chi connectivity index (χ0v) is 13.4. The highest BCUT2D eigenvalue weighted by Gasteiger charge is 2.36. The average Bonchev–Trinajstić information content (AvgIpc) is 3.14. The van der Waals surface area contributed by atoms with Gasteiger partial charge in [-0.25, -0.2) is 0 Å². The van der Waals surface area contributed by atoms with E-state index in [0.29, 0.717) is 11.3 Å². The number of aromatic nitrogens is 4. The predicted octanol–water partition coefficient (Wildman–Crippen LogP) is 1.14. The van der Waals surface area contributed by atoms with Crippen LogP contribution in [-0.2, 0) is 0 Å². The van der Waals surface area contributed by atoms with Crippen LogP contribution in [0.15, 0.2) is 30.3 Å². The Morgan fingerprint density at radius 3 is 2.57 bits per heavy atom. The topological polar surface area (TPSA) is 50.1 Å². The second-order valence-electron chi connectivity index (χ2n) is 5.44. The van der Waals surface area contributed by atoms with Gasteiger partial charge < -0.3 is 9.80 Å². The Balaban J connectivity index is 1.88. The van der Waals surface area contributed by atoms with Crippen LogP contribution in [0.25, 0.3) is 5.69 Å². The molecule has 112 valence electrons. The fraction of sp³-hybridized carbons (Fsp3) is 0.500.